The van der Waals surface area contributed by atoms with E-state index in [9.17, 15) is 9.59 Å². The predicted octanol–water partition coefficient (Wildman–Crippen LogP) is 3.31. The maximum absolute atomic E-state index is 12.4. The molecule has 1 atom stereocenters. The van der Waals surface area contributed by atoms with Crippen molar-refractivity contribution in [2.24, 2.45) is 5.92 Å². The fraction of sp³-hybridized carbons (Fsp3) is 0.882. The molecule has 0 aliphatic heterocycles. The average Bonchev–Trinajstić information content (AvgIpc) is 2.40. The van der Waals surface area contributed by atoms with Crippen molar-refractivity contribution in [2.45, 2.75) is 78.8 Å². The van der Waals surface area contributed by atoms with Crippen LogP contribution in [0.15, 0.2) is 0 Å². The van der Waals surface area contributed by atoms with Gasteiger partial charge in [0.2, 0.25) is 11.8 Å². The molecule has 0 bridgehead atoms. The molecule has 0 aromatic rings. The Hall–Kier alpha value is -1.06. The van der Waals surface area contributed by atoms with E-state index in [1.54, 1.807) is 4.90 Å². The molecular weight excluding hydrogens is 264 g/mol. The van der Waals surface area contributed by atoms with Crippen molar-refractivity contribution in [2.75, 3.05) is 14.1 Å². The number of hydrogen-bond acceptors (Lipinski definition) is 2. The molecule has 0 radical (unpaired) electrons. The first kappa shape index (κ1) is 19.9. The fourth-order valence-electron chi connectivity index (χ4n) is 2.10. The molecule has 4 heteroatoms. The van der Waals surface area contributed by atoms with E-state index in [1.165, 1.54) is 0 Å². The number of amides is 2. The first-order chi connectivity index (χ1) is 9.34. The zero-order valence-electron chi connectivity index (χ0n) is 15.4. The van der Waals surface area contributed by atoms with Crippen molar-refractivity contribution >= 4 is 11.8 Å². The third-order valence-electron chi connectivity index (χ3n) is 4.53. The molecule has 0 spiro atoms. The van der Waals surface area contributed by atoms with Gasteiger partial charge in [-0.05, 0) is 47.5 Å². The number of rotatable bonds is 6. The molecule has 4 nitrogen and oxygen atoms in total. The van der Waals surface area contributed by atoms with Gasteiger partial charge in [-0.25, -0.2) is 0 Å². The van der Waals surface area contributed by atoms with E-state index in [2.05, 4.69) is 13.8 Å². The molecule has 0 N–H and O–H groups in total. The molecule has 2 amide bonds. The molecule has 0 saturated carbocycles. The van der Waals surface area contributed by atoms with E-state index in [4.69, 9.17) is 0 Å². The van der Waals surface area contributed by atoms with Crippen molar-refractivity contribution in [3.05, 3.63) is 0 Å². The SMILES string of the molecule is CCC(=O)N(C)C(C)(C)CCC(C)C(=O)N(C)C(C)(C)C. The Morgan fingerprint density at radius 2 is 1.48 bits per heavy atom. The molecule has 0 heterocycles. The maximum Gasteiger partial charge on any atom is 0.225 e. The van der Waals surface area contributed by atoms with Crippen LogP contribution in [-0.4, -0.2) is 46.8 Å². The minimum atomic E-state index is -0.220. The highest BCUT2D eigenvalue weighted by atomic mass is 16.2. The summed E-state index contributed by atoms with van der Waals surface area (Å²) in [5.41, 5.74) is -0.377. The molecule has 1 unspecified atom stereocenters. The average molecular weight is 298 g/mol. The molecule has 0 aliphatic carbocycles. The Kier molecular flexibility index (Phi) is 6.91. The van der Waals surface area contributed by atoms with Crippen molar-refractivity contribution in [3.8, 4) is 0 Å². The summed E-state index contributed by atoms with van der Waals surface area (Å²) >= 11 is 0. The van der Waals surface area contributed by atoms with Crippen molar-refractivity contribution in [1.29, 1.82) is 0 Å². The fourth-order valence-corrected chi connectivity index (χ4v) is 2.10. The van der Waals surface area contributed by atoms with Crippen molar-refractivity contribution in [1.82, 2.24) is 9.80 Å². The van der Waals surface area contributed by atoms with Crippen molar-refractivity contribution < 1.29 is 9.59 Å². The van der Waals surface area contributed by atoms with E-state index in [-0.39, 0.29) is 28.8 Å². The highest BCUT2D eigenvalue weighted by Gasteiger charge is 2.30. The Bertz CT molecular complexity index is 369. The quantitative estimate of drug-likeness (QED) is 0.755. The highest BCUT2D eigenvalue weighted by Crippen LogP contribution is 2.24. The minimum Gasteiger partial charge on any atom is -0.341 e. The number of carbonyl (C=O) groups is 2. The summed E-state index contributed by atoms with van der Waals surface area (Å²) in [6.45, 7) is 14.1. The van der Waals surface area contributed by atoms with Gasteiger partial charge in [0.25, 0.3) is 0 Å². The van der Waals surface area contributed by atoms with Crippen LogP contribution in [0.5, 0.6) is 0 Å². The van der Waals surface area contributed by atoms with E-state index < -0.39 is 0 Å². The summed E-state index contributed by atoms with van der Waals surface area (Å²) in [4.78, 5) is 27.9. The second kappa shape index (κ2) is 7.28. The zero-order chi connectivity index (χ0) is 17.0. The Morgan fingerprint density at radius 1 is 1.00 bits per heavy atom. The summed E-state index contributed by atoms with van der Waals surface area (Å²) < 4.78 is 0. The van der Waals surface area contributed by atoms with Crippen LogP contribution in [-0.2, 0) is 9.59 Å². The Labute approximate surface area is 130 Å². The van der Waals surface area contributed by atoms with Gasteiger partial charge >= 0.3 is 0 Å². The lowest BCUT2D eigenvalue weighted by atomic mass is 9.90. The van der Waals surface area contributed by atoms with Crippen molar-refractivity contribution in [3.63, 3.8) is 0 Å². The van der Waals surface area contributed by atoms with Gasteiger partial charge in [-0.15, -0.1) is 0 Å². The lowest BCUT2D eigenvalue weighted by molar-refractivity contribution is -0.138. The maximum atomic E-state index is 12.4. The zero-order valence-corrected chi connectivity index (χ0v) is 15.4. The van der Waals surface area contributed by atoms with Crippen LogP contribution < -0.4 is 0 Å². The van der Waals surface area contributed by atoms with Gasteiger partial charge in [0.15, 0.2) is 0 Å². The van der Waals surface area contributed by atoms with Crippen LogP contribution in [0, 0.1) is 5.92 Å². The summed E-state index contributed by atoms with van der Waals surface area (Å²) in [7, 11) is 3.70. The first-order valence-electron chi connectivity index (χ1n) is 7.89. The van der Waals surface area contributed by atoms with Gasteiger partial charge in [-0.2, -0.15) is 0 Å². The first-order valence-corrected chi connectivity index (χ1v) is 7.89. The molecule has 0 aromatic heterocycles. The lowest BCUT2D eigenvalue weighted by Gasteiger charge is -2.38. The Balaban J connectivity index is 4.64. The number of hydrogen-bond donors (Lipinski definition) is 0. The number of nitrogens with zero attached hydrogens (tertiary/aromatic N) is 2. The monoisotopic (exact) mass is 298 g/mol. The van der Waals surface area contributed by atoms with Crippen LogP contribution in [0.25, 0.3) is 0 Å². The van der Waals surface area contributed by atoms with Gasteiger partial charge in [0.05, 0.1) is 0 Å². The van der Waals surface area contributed by atoms with E-state index >= 15 is 0 Å². The molecule has 0 saturated heterocycles. The second-order valence-electron chi connectivity index (χ2n) is 7.63. The summed E-state index contributed by atoms with van der Waals surface area (Å²) in [5, 5.41) is 0. The standard InChI is InChI=1S/C17H34N2O2/c1-10-14(20)18(8)17(6,7)12-11-13(2)15(21)19(9)16(3,4)5/h13H,10-12H2,1-9H3. The molecule has 0 rings (SSSR count). The molecule has 0 fully saturated rings. The smallest absolute Gasteiger partial charge is 0.225 e. The minimum absolute atomic E-state index is 0.0290. The van der Waals surface area contributed by atoms with Gasteiger partial charge in [-0.1, -0.05) is 13.8 Å². The normalized spacial score (nSPS) is 13.8. The van der Waals surface area contributed by atoms with Crippen LogP contribution in [0.4, 0.5) is 0 Å². The summed E-state index contributed by atoms with van der Waals surface area (Å²) in [5.74, 6) is 0.284. The molecule has 21 heavy (non-hydrogen) atoms. The summed E-state index contributed by atoms with van der Waals surface area (Å²) in [6, 6.07) is 0. The second-order valence-corrected chi connectivity index (χ2v) is 7.63. The highest BCUT2D eigenvalue weighted by molar-refractivity contribution is 5.79. The third kappa shape index (κ3) is 5.68. The Morgan fingerprint density at radius 3 is 1.86 bits per heavy atom. The van der Waals surface area contributed by atoms with Crippen LogP contribution in [0.2, 0.25) is 0 Å². The van der Waals surface area contributed by atoms with Gasteiger partial charge in [0.1, 0.15) is 0 Å². The molecule has 0 aliphatic rings. The largest absolute Gasteiger partial charge is 0.341 e. The topological polar surface area (TPSA) is 40.6 Å². The van der Waals surface area contributed by atoms with Crippen LogP contribution in [0.1, 0.15) is 67.7 Å². The number of carbonyl (C=O) groups excluding carboxylic acids is 2. The van der Waals surface area contributed by atoms with E-state index in [1.807, 2.05) is 53.6 Å². The molecule has 0 aromatic carbocycles. The van der Waals surface area contributed by atoms with Gasteiger partial charge in [0, 0.05) is 37.5 Å². The van der Waals surface area contributed by atoms with Gasteiger partial charge in [-0.3, -0.25) is 9.59 Å². The van der Waals surface area contributed by atoms with E-state index in [0.29, 0.717) is 6.42 Å². The lowest BCUT2D eigenvalue weighted by Crippen LogP contribution is -2.47. The molecule has 124 valence electrons. The predicted molar refractivity (Wildman–Crippen MR) is 88.1 cm³/mol. The third-order valence-corrected chi connectivity index (χ3v) is 4.53. The van der Waals surface area contributed by atoms with E-state index in [0.717, 1.165) is 12.8 Å². The molecular formula is C17H34N2O2. The van der Waals surface area contributed by atoms with Crippen LogP contribution >= 0.6 is 0 Å². The van der Waals surface area contributed by atoms with Gasteiger partial charge < -0.3 is 9.80 Å². The van der Waals surface area contributed by atoms with Crippen LogP contribution in [0.3, 0.4) is 0 Å². The summed E-state index contributed by atoms with van der Waals surface area (Å²) in [6.07, 6.45) is 2.12.